The van der Waals surface area contributed by atoms with E-state index in [9.17, 15) is 0 Å². The van der Waals surface area contributed by atoms with Gasteiger partial charge in [-0.1, -0.05) is 6.42 Å². The van der Waals surface area contributed by atoms with Gasteiger partial charge in [0.05, 0.1) is 6.10 Å². The number of nitrogens with zero attached hydrogens (tertiary/aromatic N) is 5. The van der Waals surface area contributed by atoms with E-state index in [0.29, 0.717) is 11.5 Å². The van der Waals surface area contributed by atoms with Crippen LogP contribution in [0.2, 0.25) is 0 Å². The van der Waals surface area contributed by atoms with Gasteiger partial charge >= 0.3 is 0 Å². The molecule has 0 radical (unpaired) electrons. The van der Waals surface area contributed by atoms with Crippen molar-refractivity contribution in [1.29, 1.82) is 0 Å². The van der Waals surface area contributed by atoms with Gasteiger partial charge in [0.1, 0.15) is 5.69 Å². The number of aryl methyl sites for hydroxylation is 1. The molecule has 3 heterocycles. The molecule has 1 spiro atoms. The van der Waals surface area contributed by atoms with Crippen LogP contribution in [-0.4, -0.2) is 46.1 Å². The quantitative estimate of drug-likeness (QED) is 0.867. The molecule has 2 aromatic heterocycles. The number of hydrogen-bond donors (Lipinski definition) is 0. The first-order chi connectivity index (χ1) is 11.7. The molecule has 2 fully saturated rings. The van der Waals surface area contributed by atoms with Gasteiger partial charge in [-0.05, 0) is 37.8 Å². The van der Waals surface area contributed by atoms with Crippen molar-refractivity contribution in [3.63, 3.8) is 0 Å². The van der Waals surface area contributed by atoms with Gasteiger partial charge in [-0.15, -0.1) is 10.2 Å². The first kappa shape index (κ1) is 15.6. The van der Waals surface area contributed by atoms with Crippen molar-refractivity contribution in [3.8, 4) is 11.5 Å². The van der Waals surface area contributed by atoms with Gasteiger partial charge in [-0.25, -0.2) is 4.98 Å². The van der Waals surface area contributed by atoms with Gasteiger partial charge in [0, 0.05) is 45.1 Å². The lowest BCUT2D eigenvalue weighted by molar-refractivity contribution is 0.00214. The zero-order valence-corrected chi connectivity index (χ0v) is 14.5. The summed E-state index contributed by atoms with van der Waals surface area (Å²) in [7, 11) is 3.83. The minimum atomic E-state index is 0.299. The molecule has 6 nitrogen and oxygen atoms in total. The highest BCUT2D eigenvalue weighted by Gasteiger charge is 2.46. The first-order valence-electron chi connectivity index (χ1n) is 8.81. The summed E-state index contributed by atoms with van der Waals surface area (Å²) in [5, 5.41) is 8.89. The standard InChI is InChI=1S/C18H25N5O/c1-22-12-10-19-17(22)14-6-7-16(21-20-14)23-11-4-9-18(13-23)8-3-5-15(18)24-2/h6-7,10,12,15H,3-5,8-9,11,13H2,1-2H3/t15-,18+/m1/s1. The van der Waals surface area contributed by atoms with Crippen LogP contribution in [0.1, 0.15) is 32.1 Å². The van der Waals surface area contributed by atoms with Gasteiger partial charge < -0.3 is 14.2 Å². The maximum absolute atomic E-state index is 5.80. The fourth-order valence-electron chi connectivity index (χ4n) is 4.52. The third-order valence-corrected chi connectivity index (χ3v) is 5.74. The lowest BCUT2D eigenvalue weighted by Crippen LogP contribution is -2.48. The fourth-order valence-corrected chi connectivity index (χ4v) is 4.52. The lowest BCUT2D eigenvalue weighted by Gasteiger charge is -2.44. The molecular formula is C18H25N5O. The zero-order valence-electron chi connectivity index (χ0n) is 14.5. The topological polar surface area (TPSA) is 56.1 Å². The molecular weight excluding hydrogens is 302 g/mol. The van der Waals surface area contributed by atoms with E-state index < -0.39 is 0 Å². The Kier molecular flexibility index (Phi) is 4.00. The average Bonchev–Trinajstić information content (AvgIpc) is 3.21. The van der Waals surface area contributed by atoms with E-state index in [2.05, 4.69) is 26.1 Å². The molecule has 128 valence electrons. The summed E-state index contributed by atoms with van der Waals surface area (Å²) < 4.78 is 7.76. The Morgan fingerprint density at radius 2 is 2.08 bits per heavy atom. The second kappa shape index (κ2) is 6.16. The smallest absolute Gasteiger partial charge is 0.160 e. The highest BCUT2D eigenvalue weighted by Crippen LogP contribution is 2.46. The number of methoxy groups -OCH3 is 1. The Morgan fingerprint density at radius 1 is 1.21 bits per heavy atom. The molecule has 0 unspecified atom stereocenters. The van der Waals surface area contributed by atoms with Crippen LogP contribution in [0.15, 0.2) is 24.5 Å². The SMILES string of the molecule is CO[C@@H]1CCC[C@@]12CCCN(c1ccc(-c3nccn3C)nn1)C2. The third-order valence-electron chi connectivity index (χ3n) is 5.74. The predicted molar refractivity (Wildman–Crippen MR) is 92.8 cm³/mol. The Labute approximate surface area is 142 Å². The highest BCUT2D eigenvalue weighted by atomic mass is 16.5. The largest absolute Gasteiger partial charge is 0.381 e. The molecule has 1 saturated carbocycles. The number of imidazole rings is 1. The molecule has 0 bridgehead atoms. The molecule has 24 heavy (non-hydrogen) atoms. The van der Waals surface area contributed by atoms with E-state index in [4.69, 9.17) is 4.74 Å². The van der Waals surface area contributed by atoms with Gasteiger partial charge in [-0.3, -0.25) is 0 Å². The van der Waals surface area contributed by atoms with Crippen molar-refractivity contribution < 1.29 is 4.74 Å². The molecule has 2 aromatic rings. The molecule has 2 aliphatic rings. The summed E-state index contributed by atoms with van der Waals surface area (Å²) in [6.45, 7) is 2.08. The lowest BCUT2D eigenvalue weighted by atomic mass is 9.76. The van der Waals surface area contributed by atoms with E-state index in [-0.39, 0.29) is 0 Å². The predicted octanol–water partition coefficient (Wildman–Crippen LogP) is 2.66. The highest BCUT2D eigenvalue weighted by molar-refractivity contribution is 5.52. The Balaban J connectivity index is 1.54. The second-order valence-corrected chi connectivity index (χ2v) is 7.14. The number of piperidine rings is 1. The van der Waals surface area contributed by atoms with E-state index in [1.807, 2.05) is 31.0 Å². The van der Waals surface area contributed by atoms with Crippen LogP contribution in [0, 0.1) is 5.41 Å². The van der Waals surface area contributed by atoms with Gasteiger partial charge in [-0.2, -0.15) is 0 Å². The molecule has 2 atom stereocenters. The third kappa shape index (κ3) is 2.59. The van der Waals surface area contributed by atoms with E-state index >= 15 is 0 Å². The first-order valence-corrected chi connectivity index (χ1v) is 8.81. The minimum absolute atomic E-state index is 0.299. The van der Waals surface area contributed by atoms with E-state index in [1.54, 1.807) is 6.20 Å². The molecule has 1 saturated heterocycles. The van der Waals surface area contributed by atoms with Gasteiger partial charge in [0.25, 0.3) is 0 Å². The van der Waals surface area contributed by atoms with Crippen LogP contribution in [0.25, 0.3) is 11.5 Å². The zero-order chi connectivity index (χ0) is 16.6. The van der Waals surface area contributed by atoms with Gasteiger partial charge in [0.2, 0.25) is 0 Å². The van der Waals surface area contributed by atoms with Crippen molar-refractivity contribution in [2.24, 2.45) is 12.5 Å². The second-order valence-electron chi connectivity index (χ2n) is 7.14. The fraction of sp³-hybridized carbons (Fsp3) is 0.611. The van der Waals surface area contributed by atoms with E-state index in [1.165, 1.54) is 32.1 Å². The molecule has 0 N–H and O–H groups in total. The van der Waals surface area contributed by atoms with Crippen LogP contribution in [0.4, 0.5) is 5.82 Å². The summed E-state index contributed by atoms with van der Waals surface area (Å²) in [6.07, 6.45) is 10.3. The Bertz CT molecular complexity index is 698. The Hall–Kier alpha value is -1.95. The maximum atomic E-state index is 5.80. The molecule has 4 rings (SSSR count). The van der Waals surface area contributed by atoms with Crippen molar-refractivity contribution in [2.75, 3.05) is 25.1 Å². The summed E-state index contributed by atoms with van der Waals surface area (Å²) in [5.74, 6) is 1.81. The van der Waals surface area contributed by atoms with Crippen molar-refractivity contribution in [3.05, 3.63) is 24.5 Å². The Morgan fingerprint density at radius 3 is 2.79 bits per heavy atom. The average molecular weight is 327 g/mol. The number of aromatic nitrogens is 4. The van der Waals surface area contributed by atoms with Crippen molar-refractivity contribution >= 4 is 5.82 Å². The van der Waals surface area contributed by atoms with Crippen LogP contribution in [-0.2, 0) is 11.8 Å². The van der Waals surface area contributed by atoms with Crippen molar-refractivity contribution in [1.82, 2.24) is 19.7 Å². The summed E-state index contributed by atoms with van der Waals surface area (Å²) in [5.41, 5.74) is 1.11. The maximum Gasteiger partial charge on any atom is 0.160 e. The summed E-state index contributed by atoms with van der Waals surface area (Å²) in [4.78, 5) is 6.72. The van der Waals surface area contributed by atoms with E-state index in [0.717, 1.165) is 30.4 Å². The molecule has 0 amide bonds. The molecule has 1 aliphatic heterocycles. The van der Waals surface area contributed by atoms with Crippen LogP contribution >= 0.6 is 0 Å². The number of anilines is 1. The molecule has 0 aromatic carbocycles. The van der Waals surface area contributed by atoms with Gasteiger partial charge in [0.15, 0.2) is 11.6 Å². The number of rotatable bonds is 3. The summed E-state index contributed by atoms with van der Waals surface area (Å²) in [6, 6.07) is 4.10. The summed E-state index contributed by atoms with van der Waals surface area (Å²) >= 11 is 0. The molecule has 1 aliphatic carbocycles. The van der Waals surface area contributed by atoms with Crippen LogP contribution in [0.5, 0.6) is 0 Å². The van der Waals surface area contributed by atoms with Crippen LogP contribution in [0.3, 0.4) is 0 Å². The minimum Gasteiger partial charge on any atom is -0.381 e. The number of hydrogen-bond acceptors (Lipinski definition) is 5. The number of ether oxygens (including phenoxy) is 1. The normalized spacial score (nSPS) is 27.1. The molecule has 6 heteroatoms. The van der Waals surface area contributed by atoms with Crippen molar-refractivity contribution in [2.45, 2.75) is 38.2 Å². The monoisotopic (exact) mass is 327 g/mol. The van der Waals surface area contributed by atoms with Crippen LogP contribution < -0.4 is 4.90 Å².